The fourth-order valence-electron chi connectivity index (χ4n) is 2.00. The Morgan fingerprint density at radius 1 is 1.37 bits per heavy atom. The van der Waals surface area contributed by atoms with Crippen LogP contribution in [0.1, 0.15) is 18.5 Å². The molecular weight excluding hydrogens is 289 g/mol. The molecule has 1 atom stereocenters. The maximum atomic E-state index is 11.5. The zero-order valence-electron chi connectivity index (χ0n) is 9.96. The third kappa shape index (κ3) is 2.52. The van der Waals surface area contributed by atoms with Crippen LogP contribution in [0.15, 0.2) is 29.5 Å². The Hall–Kier alpha value is -1.72. The van der Waals surface area contributed by atoms with Crippen LogP contribution >= 0.6 is 23.2 Å². The van der Waals surface area contributed by atoms with Crippen LogP contribution in [0.5, 0.6) is 0 Å². The van der Waals surface area contributed by atoms with E-state index in [-0.39, 0.29) is 10.6 Å². The number of allylic oxidation sites excluding steroid dienone is 1. The number of nitrogens with one attached hydrogen (secondary N) is 2. The number of halogens is 2. The Morgan fingerprint density at radius 3 is 2.68 bits per heavy atom. The fourth-order valence-corrected chi connectivity index (χ4v) is 2.41. The van der Waals surface area contributed by atoms with Crippen LogP contribution in [0, 0.1) is 0 Å². The maximum Gasteiger partial charge on any atom is 0.319 e. The smallest absolute Gasteiger partial charge is 0.319 e. The molecule has 0 aromatic heterocycles. The van der Waals surface area contributed by atoms with Gasteiger partial charge in [-0.05, 0) is 18.6 Å². The first kappa shape index (κ1) is 13.7. The summed E-state index contributed by atoms with van der Waals surface area (Å²) in [7, 11) is 0. The lowest BCUT2D eigenvalue weighted by Crippen LogP contribution is -2.46. The molecule has 0 bridgehead atoms. The van der Waals surface area contributed by atoms with Gasteiger partial charge in [0.2, 0.25) is 5.91 Å². The monoisotopic (exact) mass is 299 g/mol. The minimum Gasteiger partial charge on any atom is -0.366 e. The van der Waals surface area contributed by atoms with Gasteiger partial charge in [0, 0.05) is 5.70 Å². The van der Waals surface area contributed by atoms with Crippen molar-refractivity contribution in [2.45, 2.75) is 13.0 Å². The Labute approximate surface area is 119 Å². The molecule has 1 aromatic rings. The van der Waals surface area contributed by atoms with E-state index in [1.54, 1.807) is 25.1 Å². The highest BCUT2D eigenvalue weighted by molar-refractivity contribution is 6.42. The van der Waals surface area contributed by atoms with Gasteiger partial charge >= 0.3 is 6.03 Å². The molecule has 3 amide bonds. The number of primary amides is 1. The predicted octanol–water partition coefficient (Wildman–Crippen LogP) is 2.11. The largest absolute Gasteiger partial charge is 0.366 e. The maximum absolute atomic E-state index is 11.5. The van der Waals surface area contributed by atoms with Crippen molar-refractivity contribution in [1.29, 1.82) is 0 Å². The summed E-state index contributed by atoms with van der Waals surface area (Å²) < 4.78 is 0. The van der Waals surface area contributed by atoms with Gasteiger partial charge in [0.1, 0.15) is 0 Å². The first-order valence-corrected chi connectivity index (χ1v) is 6.19. The van der Waals surface area contributed by atoms with Gasteiger partial charge in [0.15, 0.2) is 0 Å². The van der Waals surface area contributed by atoms with Gasteiger partial charge in [-0.2, -0.15) is 0 Å². The van der Waals surface area contributed by atoms with E-state index in [4.69, 9.17) is 28.9 Å². The van der Waals surface area contributed by atoms with E-state index in [9.17, 15) is 9.59 Å². The van der Waals surface area contributed by atoms with Crippen molar-refractivity contribution in [3.63, 3.8) is 0 Å². The lowest BCUT2D eigenvalue weighted by atomic mass is 9.95. The van der Waals surface area contributed by atoms with Crippen molar-refractivity contribution in [3.8, 4) is 0 Å². The number of hydrogen-bond acceptors (Lipinski definition) is 2. The molecule has 0 fully saturated rings. The Bertz CT molecular complexity index is 599. The number of urea groups is 1. The Balaban J connectivity index is 2.58. The summed E-state index contributed by atoms with van der Waals surface area (Å²) in [6, 6.07) is 3.85. The highest BCUT2D eigenvalue weighted by atomic mass is 35.5. The van der Waals surface area contributed by atoms with Crippen LogP contribution in [-0.4, -0.2) is 11.9 Å². The molecule has 1 aromatic carbocycles. The van der Waals surface area contributed by atoms with Crippen molar-refractivity contribution in [2.75, 3.05) is 0 Å². The Kier molecular flexibility index (Phi) is 3.68. The molecule has 100 valence electrons. The first-order valence-electron chi connectivity index (χ1n) is 5.43. The van der Waals surface area contributed by atoms with Gasteiger partial charge in [-0.1, -0.05) is 35.3 Å². The number of benzene rings is 1. The lowest BCUT2D eigenvalue weighted by molar-refractivity contribution is -0.115. The average molecular weight is 300 g/mol. The van der Waals surface area contributed by atoms with E-state index in [2.05, 4.69) is 10.6 Å². The lowest BCUT2D eigenvalue weighted by Gasteiger charge is -2.28. The number of rotatable bonds is 2. The molecule has 0 aliphatic carbocycles. The highest BCUT2D eigenvalue weighted by Crippen LogP contribution is 2.34. The molecule has 0 radical (unpaired) electrons. The van der Waals surface area contributed by atoms with Crippen LogP contribution in [0.2, 0.25) is 10.0 Å². The summed E-state index contributed by atoms with van der Waals surface area (Å²) in [6.45, 7) is 1.60. The summed E-state index contributed by atoms with van der Waals surface area (Å²) >= 11 is 12.1. The summed E-state index contributed by atoms with van der Waals surface area (Å²) in [5, 5.41) is 5.73. The van der Waals surface area contributed by atoms with Gasteiger partial charge in [0.05, 0.1) is 21.7 Å². The molecule has 5 nitrogen and oxygen atoms in total. The SMILES string of the molecule is CC1=C(C(N)=O)[C@@H](c2cccc(Cl)c2Cl)NC(=O)N1. The quantitative estimate of drug-likeness (QED) is 0.781. The van der Waals surface area contributed by atoms with Gasteiger partial charge in [0.25, 0.3) is 0 Å². The zero-order valence-corrected chi connectivity index (χ0v) is 11.5. The minimum atomic E-state index is -0.711. The number of hydrogen-bond donors (Lipinski definition) is 3. The second-order valence-electron chi connectivity index (χ2n) is 4.08. The molecule has 0 saturated carbocycles. The summed E-state index contributed by atoms with van der Waals surface area (Å²) in [5.74, 6) is -0.633. The average Bonchev–Trinajstić information content (AvgIpc) is 2.31. The van der Waals surface area contributed by atoms with Crippen molar-refractivity contribution in [3.05, 3.63) is 45.1 Å². The molecule has 0 spiro atoms. The molecule has 0 unspecified atom stereocenters. The van der Waals surface area contributed by atoms with E-state index < -0.39 is 18.0 Å². The second kappa shape index (κ2) is 5.11. The van der Waals surface area contributed by atoms with Crippen LogP contribution in [0.4, 0.5) is 4.79 Å². The third-order valence-electron chi connectivity index (χ3n) is 2.83. The minimum absolute atomic E-state index is 0.253. The third-order valence-corrected chi connectivity index (χ3v) is 3.66. The topological polar surface area (TPSA) is 84.2 Å². The van der Waals surface area contributed by atoms with E-state index in [1.807, 2.05) is 0 Å². The van der Waals surface area contributed by atoms with E-state index in [0.717, 1.165) is 0 Å². The van der Waals surface area contributed by atoms with Crippen LogP contribution < -0.4 is 16.4 Å². The second-order valence-corrected chi connectivity index (χ2v) is 4.86. The number of carbonyl (C=O) groups is 2. The van der Waals surface area contributed by atoms with Crippen molar-refractivity contribution >= 4 is 35.1 Å². The Morgan fingerprint density at radius 2 is 2.05 bits per heavy atom. The molecule has 1 aliphatic heterocycles. The van der Waals surface area contributed by atoms with Gasteiger partial charge in [-0.15, -0.1) is 0 Å². The number of amides is 3. The van der Waals surface area contributed by atoms with Crippen molar-refractivity contribution in [1.82, 2.24) is 10.6 Å². The van der Waals surface area contributed by atoms with Gasteiger partial charge < -0.3 is 16.4 Å². The van der Waals surface area contributed by atoms with Gasteiger partial charge in [-0.3, -0.25) is 4.79 Å². The van der Waals surface area contributed by atoms with Crippen LogP contribution in [0.25, 0.3) is 0 Å². The van der Waals surface area contributed by atoms with Gasteiger partial charge in [-0.25, -0.2) is 4.79 Å². The van der Waals surface area contributed by atoms with Crippen molar-refractivity contribution in [2.24, 2.45) is 5.73 Å². The highest BCUT2D eigenvalue weighted by Gasteiger charge is 2.31. The number of nitrogens with two attached hydrogens (primary N) is 1. The molecule has 0 saturated heterocycles. The van der Waals surface area contributed by atoms with Crippen LogP contribution in [0.3, 0.4) is 0 Å². The van der Waals surface area contributed by atoms with E-state index in [0.29, 0.717) is 16.3 Å². The van der Waals surface area contributed by atoms with Crippen molar-refractivity contribution < 1.29 is 9.59 Å². The number of carbonyl (C=O) groups excluding carboxylic acids is 2. The van der Waals surface area contributed by atoms with E-state index in [1.165, 1.54) is 0 Å². The molecule has 1 heterocycles. The fraction of sp³-hybridized carbons (Fsp3) is 0.167. The van der Waals surface area contributed by atoms with Crippen LogP contribution in [-0.2, 0) is 4.79 Å². The standard InChI is InChI=1S/C12H11Cl2N3O2/c1-5-8(11(15)18)10(17-12(19)16-5)6-3-2-4-7(13)9(6)14/h2-4,10H,1H3,(H2,15,18)(H2,16,17,19)/t10-/m1/s1. The summed E-state index contributed by atoms with van der Waals surface area (Å²) in [6.07, 6.45) is 0. The molecular formula is C12H11Cl2N3O2. The summed E-state index contributed by atoms with van der Waals surface area (Å²) in [5.41, 5.74) is 6.53. The molecule has 7 heteroatoms. The normalized spacial score (nSPS) is 18.9. The molecule has 19 heavy (non-hydrogen) atoms. The predicted molar refractivity (Wildman–Crippen MR) is 72.8 cm³/mol. The zero-order chi connectivity index (χ0) is 14.2. The van der Waals surface area contributed by atoms with E-state index >= 15 is 0 Å². The molecule has 1 aliphatic rings. The first-order chi connectivity index (χ1) is 8.91. The molecule has 4 N–H and O–H groups in total. The molecule has 2 rings (SSSR count). The summed E-state index contributed by atoms with van der Waals surface area (Å²) in [4.78, 5) is 23.1.